The zero-order valence-electron chi connectivity index (χ0n) is 34.8. The van der Waals surface area contributed by atoms with E-state index < -0.39 is 5.41 Å². The second-order valence-electron chi connectivity index (χ2n) is 18.7. The predicted octanol–water partition coefficient (Wildman–Crippen LogP) is 15.8. The molecule has 0 aliphatic heterocycles. The summed E-state index contributed by atoms with van der Waals surface area (Å²) in [4.78, 5) is 2.54. The molecule has 1 spiro atoms. The zero-order chi connectivity index (χ0) is 40.4. The topological polar surface area (TPSA) is 3.24 Å². The third-order valence-electron chi connectivity index (χ3n) is 14.5. The predicted molar refractivity (Wildman–Crippen MR) is 253 cm³/mol. The molecule has 0 heterocycles. The minimum Gasteiger partial charge on any atom is -0.310 e. The first kappa shape index (κ1) is 35.3. The summed E-state index contributed by atoms with van der Waals surface area (Å²) in [5, 5.41) is 5.03. The summed E-state index contributed by atoms with van der Waals surface area (Å²) in [6.07, 6.45) is 2.36. The van der Waals surface area contributed by atoms with Gasteiger partial charge >= 0.3 is 0 Å². The minimum absolute atomic E-state index is 0.0736. The molecule has 0 unspecified atom stereocenters. The standard InChI is InChI=1S/C59H47N/c1-57(2)32-33-58(3,4)55-34-40(29-31-53(55)57)48-36-49-46-22-12-15-25-52(46)59(50-23-13-10-20-44(50)45-21-11-14-24-51(45)59)54(49)37-56(48)60(41-17-6-5-7-18-41)42-30-28-39-27-26-38-16-8-9-19-43(38)47(39)35-42/h5-31,34-37H,32-33H2,1-4H3. The van der Waals surface area contributed by atoms with Gasteiger partial charge in [-0.1, -0.05) is 179 Å². The number of benzene rings is 9. The second-order valence-corrected chi connectivity index (χ2v) is 18.7. The fourth-order valence-corrected chi connectivity index (χ4v) is 11.4. The number of fused-ring (bicyclic) bond motifs is 14. The van der Waals surface area contributed by atoms with Crippen LogP contribution in [0.15, 0.2) is 188 Å². The van der Waals surface area contributed by atoms with Gasteiger partial charge in [-0.25, -0.2) is 0 Å². The van der Waals surface area contributed by atoms with Crippen LogP contribution in [0.4, 0.5) is 17.1 Å². The number of para-hydroxylation sites is 1. The van der Waals surface area contributed by atoms with Crippen molar-refractivity contribution in [3.05, 3.63) is 221 Å². The van der Waals surface area contributed by atoms with E-state index in [0.29, 0.717) is 0 Å². The molecule has 0 aromatic heterocycles. The Morgan fingerprint density at radius 1 is 0.350 bits per heavy atom. The van der Waals surface area contributed by atoms with Crippen LogP contribution in [-0.4, -0.2) is 0 Å². The van der Waals surface area contributed by atoms with Gasteiger partial charge in [-0.05, 0) is 143 Å². The Labute approximate surface area is 353 Å². The molecule has 0 N–H and O–H groups in total. The molecule has 9 aromatic rings. The Hall–Kier alpha value is -6.70. The summed E-state index contributed by atoms with van der Waals surface area (Å²) in [5.74, 6) is 0. The van der Waals surface area contributed by atoms with E-state index in [9.17, 15) is 0 Å². The molecule has 3 aliphatic carbocycles. The van der Waals surface area contributed by atoms with Crippen molar-refractivity contribution < 1.29 is 0 Å². The van der Waals surface area contributed by atoms with Gasteiger partial charge in [-0.2, -0.15) is 0 Å². The molecule has 3 aliphatic rings. The lowest BCUT2D eigenvalue weighted by atomic mass is 9.63. The molecule has 0 radical (unpaired) electrons. The fraction of sp³-hybridized carbons (Fsp3) is 0.153. The molecule has 0 bridgehead atoms. The van der Waals surface area contributed by atoms with E-state index in [1.54, 1.807) is 0 Å². The zero-order valence-corrected chi connectivity index (χ0v) is 34.8. The summed E-state index contributed by atoms with van der Waals surface area (Å²) in [7, 11) is 0. The van der Waals surface area contributed by atoms with E-state index in [-0.39, 0.29) is 10.8 Å². The number of hydrogen-bond donors (Lipinski definition) is 0. The van der Waals surface area contributed by atoms with Crippen molar-refractivity contribution in [3.63, 3.8) is 0 Å². The first-order valence-electron chi connectivity index (χ1n) is 21.6. The van der Waals surface area contributed by atoms with E-state index in [1.165, 1.54) is 107 Å². The van der Waals surface area contributed by atoms with Crippen molar-refractivity contribution >= 4 is 38.6 Å². The van der Waals surface area contributed by atoms with Crippen molar-refractivity contribution in [2.45, 2.75) is 56.8 Å². The summed E-state index contributed by atoms with van der Waals surface area (Å²) in [5.41, 5.74) is 19.3. The fourth-order valence-electron chi connectivity index (χ4n) is 11.4. The quantitative estimate of drug-likeness (QED) is 0.161. The van der Waals surface area contributed by atoms with Gasteiger partial charge in [0.05, 0.1) is 11.1 Å². The van der Waals surface area contributed by atoms with Crippen LogP contribution in [0.1, 0.15) is 73.9 Å². The van der Waals surface area contributed by atoms with E-state index in [4.69, 9.17) is 0 Å². The highest BCUT2D eigenvalue weighted by molar-refractivity contribution is 6.09. The summed E-state index contributed by atoms with van der Waals surface area (Å²) in [6, 6.07) is 71.4. The first-order valence-corrected chi connectivity index (χ1v) is 21.6. The number of nitrogens with zero attached hydrogens (tertiary/aromatic N) is 1. The van der Waals surface area contributed by atoms with Crippen molar-refractivity contribution in [3.8, 4) is 33.4 Å². The monoisotopic (exact) mass is 769 g/mol. The SMILES string of the molecule is CC1(C)CCC(C)(C)c2cc(-c3cc4c(cc3N(c3ccccc3)c3ccc5ccc6ccccc6c5c3)C3(c5ccccc5-c5ccccc53)c3ccccc3-4)ccc21. The van der Waals surface area contributed by atoms with Crippen molar-refractivity contribution in [1.82, 2.24) is 0 Å². The van der Waals surface area contributed by atoms with Gasteiger partial charge in [0, 0.05) is 16.9 Å². The van der Waals surface area contributed by atoms with Gasteiger partial charge in [0.2, 0.25) is 0 Å². The molecule has 0 saturated carbocycles. The molecular weight excluding hydrogens is 723 g/mol. The lowest BCUT2D eigenvalue weighted by molar-refractivity contribution is 0.332. The van der Waals surface area contributed by atoms with Crippen LogP contribution in [0, 0.1) is 0 Å². The van der Waals surface area contributed by atoms with Crippen molar-refractivity contribution in [1.29, 1.82) is 0 Å². The lowest BCUT2D eigenvalue weighted by Crippen LogP contribution is -2.33. The molecule has 60 heavy (non-hydrogen) atoms. The lowest BCUT2D eigenvalue weighted by Gasteiger charge is -2.42. The minimum atomic E-state index is -0.462. The molecule has 0 amide bonds. The van der Waals surface area contributed by atoms with Crippen LogP contribution < -0.4 is 4.90 Å². The second kappa shape index (κ2) is 12.7. The molecule has 9 aromatic carbocycles. The molecule has 0 saturated heterocycles. The number of rotatable bonds is 4. The van der Waals surface area contributed by atoms with E-state index in [2.05, 4.69) is 221 Å². The smallest absolute Gasteiger partial charge is 0.0726 e. The van der Waals surface area contributed by atoms with Crippen LogP contribution >= 0.6 is 0 Å². The summed E-state index contributed by atoms with van der Waals surface area (Å²) >= 11 is 0. The summed E-state index contributed by atoms with van der Waals surface area (Å²) in [6.45, 7) is 9.74. The highest BCUT2D eigenvalue weighted by atomic mass is 15.1. The normalized spacial score (nSPS) is 15.9. The van der Waals surface area contributed by atoms with Gasteiger partial charge in [0.1, 0.15) is 0 Å². The van der Waals surface area contributed by atoms with Gasteiger partial charge in [0.25, 0.3) is 0 Å². The van der Waals surface area contributed by atoms with Crippen molar-refractivity contribution in [2.75, 3.05) is 4.90 Å². The molecule has 1 heteroatoms. The van der Waals surface area contributed by atoms with Gasteiger partial charge in [0.15, 0.2) is 0 Å². The van der Waals surface area contributed by atoms with Crippen molar-refractivity contribution in [2.24, 2.45) is 0 Å². The molecule has 1 nitrogen and oxygen atoms in total. The highest BCUT2D eigenvalue weighted by Crippen LogP contribution is 2.64. The van der Waals surface area contributed by atoms with Crippen LogP contribution in [-0.2, 0) is 16.2 Å². The van der Waals surface area contributed by atoms with E-state index in [0.717, 1.165) is 11.4 Å². The maximum Gasteiger partial charge on any atom is 0.0726 e. The molecular formula is C59H47N. The number of hydrogen-bond acceptors (Lipinski definition) is 1. The Balaban J connectivity index is 1.21. The molecule has 288 valence electrons. The number of anilines is 3. The Kier molecular flexibility index (Phi) is 7.44. The van der Waals surface area contributed by atoms with E-state index >= 15 is 0 Å². The maximum absolute atomic E-state index is 2.58. The molecule has 12 rings (SSSR count). The van der Waals surface area contributed by atoms with Crippen LogP contribution in [0.2, 0.25) is 0 Å². The summed E-state index contributed by atoms with van der Waals surface area (Å²) < 4.78 is 0. The third kappa shape index (κ3) is 4.87. The van der Waals surface area contributed by atoms with Gasteiger partial charge in [-0.15, -0.1) is 0 Å². The molecule has 0 atom stereocenters. The maximum atomic E-state index is 2.58. The largest absolute Gasteiger partial charge is 0.310 e. The van der Waals surface area contributed by atoms with Crippen LogP contribution in [0.25, 0.3) is 54.9 Å². The Morgan fingerprint density at radius 2 is 0.900 bits per heavy atom. The van der Waals surface area contributed by atoms with Gasteiger partial charge in [-0.3, -0.25) is 0 Å². The van der Waals surface area contributed by atoms with Crippen LogP contribution in [0.3, 0.4) is 0 Å². The Morgan fingerprint density at radius 3 is 1.58 bits per heavy atom. The highest BCUT2D eigenvalue weighted by Gasteiger charge is 2.52. The first-order chi connectivity index (χ1) is 29.2. The van der Waals surface area contributed by atoms with Gasteiger partial charge < -0.3 is 4.90 Å². The van der Waals surface area contributed by atoms with Crippen LogP contribution in [0.5, 0.6) is 0 Å². The Bertz CT molecular complexity index is 3170. The third-order valence-corrected chi connectivity index (χ3v) is 14.5. The average molecular weight is 770 g/mol. The average Bonchev–Trinajstić information content (AvgIpc) is 3.75. The molecule has 0 fully saturated rings. The van der Waals surface area contributed by atoms with E-state index in [1.807, 2.05) is 0 Å².